The average Bonchev–Trinajstić information content (AvgIpc) is 2.73. The zero-order chi connectivity index (χ0) is 22.9. The van der Waals surface area contributed by atoms with E-state index >= 15 is 0 Å². The lowest BCUT2D eigenvalue weighted by Crippen LogP contribution is -2.42. The number of ether oxygens (including phenoxy) is 1. The van der Waals surface area contributed by atoms with Gasteiger partial charge in [0.05, 0.1) is 16.2 Å². The van der Waals surface area contributed by atoms with E-state index in [0.717, 1.165) is 11.0 Å². The molecule has 2 heterocycles. The van der Waals surface area contributed by atoms with Gasteiger partial charge in [0.1, 0.15) is 6.61 Å². The molecule has 0 radical (unpaired) electrons. The van der Waals surface area contributed by atoms with Gasteiger partial charge in [-0.25, -0.2) is 18.0 Å². The van der Waals surface area contributed by atoms with E-state index in [1.807, 2.05) is 13.8 Å². The minimum absolute atomic E-state index is 0.124. The number of carbonyl (C=O) groups is 1. The highest BCUT2D eigenvalue weighted by Crippen LogP contribution is 2.26. The van der Waals surface area contributed by atoms with E-state index in [2.05, 4.69) is 0 Å². The summed E-state index contributed by atoms with van der Waals surface area (Å²) in [6, 6.07) is 6.81. The van der Waals surface area contributed by atoms with Crippen LogP contribution in [-0.4, -0.2) is 40.9 Å². The molecule has 1 aliphatic heterocycles. The van der Waals surface area contributed by atoms with Gasteiger partial charge < -0.3 is 4.74 Å². The van der Waals surface area contributed by atoms with Crippen molar-refractivity contribution in [2.24, 2.45) is 25.9 Å². The average molecular weight is 450 g/mol. The summed E-state index contributed by atoms with van der Waals surface area (Å²) in [5, 5.41) is 0. The molecule has 9 nitrogen and oxygen atoms in total. The largest absolute Gasteiger partial charge is 0.456 e. The molecule has 0 unspecified atom stereocenters. The molecule has 0 N–H and O–H groups in total. The van der Waals surface area contributed by atoms with Crippen molar-refractivity contribution in [2.45, 2.75) is 31.8 Å². The highest BCUT2D eigenvalue weighted by Gasteiger charge is 2.31. The molecule has 1 saturated heterocycles. The smallest absolute Gasteiger partial charge is 0.338 e. The first-order valence-electron chi connectivity index (χ1n) is 10.0. The lowest BCUT2D eigenvalue weighted by molar-refractivity contribution is 0.0462. The van der Waals surface area contributed by atoms with Crippen LogP contribution in [0.25, 0.3) is 0 Å². The second-order valence-corrected chi connectivity index (χ2v) is 10.2. The lowest BCUT2D eigenvalue weighted by Gasteiger charge is -2.34. The molecule has 1 aliphatic rings. The SMILES string of the molecule is C[C@@H]1C[C@@H](C)CN(S(=O)(=O)c2ccc(C(=O)OCc3cc(=O)n(C)c(=O)n3C)cc2)C1. The summed E-state index contributed by atoms with van der Waals surface area (Å²) in [5.41, 5.74) is -0.582. The van der Waals surface area contributed by atoms with Gasteiger partial charge in [0.25, 0.3) is 5.56 Å². The first kappa shape index (κ1) is 23.0. The van der Waals surface area contributed by atoms with Crippen molar-refractivity contribution in [1.29, 1.82) is 0 Å². The molecular weight excluding hydrogens is 422 g/mol. The topological polar surface area (TPSA) is 108 Å². The van der Waals surface area contributed by atoms with E-state index < -0.39 is 27.2 Å². The third-order valence-corrected chi connectivity index (χ3v) is 7.39. The van der Waals surface area contributed by atoms with Crippen LogP contribution in [0.15, 0.2) is 44.8 Å². The van der Waals surface area contributed by atoms with Crippen molar-refractivity contribution in [3.63, 3.8) is 0 Å². The van der Waals surface area contributed by atoms with Crippen LogP contribution in [0.4, 0.5) is 0 Å². The van der Waals surface area contributed by atoms with Crippen LogP contribution >= 0.6 is 0 Å². The maximum atomic E-state index is 12.9. The number of sulfonamides is 1. The summed E-state index contributed by atoms with van der Waals surface area (Å²) in [6.07, 6.45) is 0.996. The molecular formula is C21H27N3O6S. The Morgan fingerprint density at radius 3 is 2.19 bits per heavy atom. The molecule has 168 valence electrons. The number of aromatic nitrogens is 2. The third-order valence-electron chi connectivity index (χ3n) is 5.54. The van der Waals surface area contributed by atoms with Gasteiger partial charge in [-0.05, 0) is 42.5 Å². The van der Waals surface area contributed by atoms with Crippen molar-refractivity contribution < 1.29 is 17.9 Å². The molecule has 10 heteroatoms. The highest BCUT2D eigenvalue weighted by molar-refractivity contribution is 7.89. The molecule has 2 atom stereocenters. The second kappa shape index (κ2) is 8.80. The number of hydrogen-bond acceptors (Lipinski definition) is 6. The van der Waals surface area contributed by atoms with E-state index in [1.54, 1.807) is 0 Å². The number of rotatable bonds is 5. The quantitative estimate of drug-likeness (QED) is 0.633. The zero-order valence-corrected chi connectivity index (χ0v) is 18.9. The van der Waals surface area contributed by atoms with Gasteiger partial charge in [0, 0.05) is 33.3 Å². The van der Waals surface area contributed by atoms with Crippen LogP contribution in [0.2, 0.25) is 0 Å². The monoisotopic (exact) mass is 449 g/mol. The normalized spacial score (nSPS) is 19.9. The molecule has 0 aliphatic carbocycles. The standard InChI is InChI=1S/C21H27N3O6S/c1-14-9-15(2)12-24(11-14)31(28,29)18-7-5-16(6-8-18)20(26)30-13-17-10-19(25)23(4)21(27)22(17)3/h5-8,10,14-15H,9,11-13H2,1-4H3/t14-,15-/m1/s1. The summed E-state index contributed by atoms with van der Waals surface area (Å²) in [5.74, 6) is -0.102. The molecule has 3 rings (SSSR count). The Bertz CT molecular complexity index is 1190. The number of carbonyl (C=O) groups excluding carboxylic acids is 1. The third kappa shape index (κ3) is 4.80. The first-order chi connectivity index (χ1) is 14.5. The molecule has 0 saturated carbocycles. The maximum absolute atomic E-state index is 12.9. The second-order valence-electron chi connectivity index (χ2n) is 8.24. The van der Waals surface area contributed by atoms with Gasteiger partial charge in [-0.3, -0.25) is 13.9 Å². The fourth-order valence-corrected chi connectivity index (χ4v) is 5.53. The van der Waals surface area contributed by atoms with Crippen LogP contribution in [0, 0.1) is 11.8 Å². The summed E-state index contributed by atoms with van der Waals surface area (Å²) >= 11 is 0. The molecule has 0 bridgehead atoms. The molecule has 1 aromatic heterocycles. The molecule has 0 spiro atoms. The Morgan fingerprint density at radius 1 is 1.03 bits per heavy atom. The summed E-state index contributed by atoms with van der Waals surface area (Å²) in [6.45, 7) is 4.77. The first-order valence-corrected chi connectivity index (χ1v) is 11.5. The van der Waals surface area contributed by atoms with Gasteiger partial charge in [-0.2, -0.15) is 4.31 Å². The Balaban J connectivity index is 1.72. The van der Waals surface area contributed by atoms with E-state index in [0.29, 0.717) is 24.9 Å². The minimum atomic E-state index is -3.64. The van der Waals surface area contributed by atoms with E-state index in [1.165, 1.54) is 53.3 Å². The number of benzene rings is 1. The highest BCUT2D eigenvalue weighted by atomic mass is 32.2. The Kier molecular flexibility index (Phi) is 6.51. The predicted octanol–water partition coefficient (Wildman–Crippen LogP) is 1.11. The fraction of sp³-hybridized carbons (Fsp3) is 0.476. The van der Waals surface area contributed by atoms with Crippen LogP contribution in [0.3, 0.4) is 0 Å². The van der Waals surface area contributed by atoms with Gasteiger partial charge in [-0.15, -0.1) is 0 Å². The number of esters is 1. The molecule has 2 aromatic rings. The van der Waals surface area contributed by atoms with Crippen molar-refractivity contribution in [2.75, 3.05) is 13.1 Å². The zero-order valence-electron chi connectivity index (χ0n) is 18.1. The fourth-order valence-electron chi connectivity index (χ4n) is 3.85. The van der Waals surface area contributed by atoms with Gasteiger partial charge in [0.15, 0.2) is 0 Å². The van der Waals surface area contributed by atoms with Crippen molar-refractivity contribution in [3.8, 4) is 0 Å². The Morgan fingerprint density at radius 2 is 1.61 bits per heavy atom. The van der Waals surface area contributed by atoms with E-state index in [4.69, 9.17) is 4.74 Å². The Labute approximate surface area is 180 Å². The molecule has 31 heavy (non-hydrogen) atoms. The maximum Gasteiger partial charge on any atom is 0.338 e. The number of nitrogens with zero attached hydrogens (tertiary/aromatic N) is 3. The number of hydrogen-bond donors (Lipinski definition) is 0. The van der Waals surface area contributed by atoms with E-state index in [-0.39, 0.29) is 22.8 Å². The van der Waals surface area contributed by atoms with Gasteiger partial charge in [-0.1, -0.05) is 13.8 Å². The van der Waals surface area contributed by atoms with Crippen LogP contribution in [0.1, 0.15) is 36.3 Å². The van der Waals surface area contributed by atoms with Gasteiger partial charge >= 0.3 is 11.7 Å². The summed E-state index contributed by atoms with van der Waals surface area (Å²) in [7, 11) is -0.797. The van der Waals surface area contributed by atoms with Crippen LogP contribution < -0.4 is 11.2 Å². The van der Waals surface area contributed by atoms with Crippen molar-refractivity contribution in [3.05, 3.63) is 62.4 Å². The minimum Gasteiger partial charge on any atom is -0.456 e. The van der Waals surface area contributed by atoms with Crippen LogP contribution in [0.5, 0.6) is 0 Å². The molecule has 1 aromatic carbocycles. The lowest BCUT2D eigenvalue weighted by atomic mass is 9.94. The Hall–Kier alpha value is -2.72. The summed E-state index contributed by atoms with van der Waals surface area (Å²) < 4.78 is 34.8. The number of piperidine rings is 1. The van der Waals surface area contributed by atoms with Gasteiger partial charge in [0.2, 0.25) is 10.0 Å². The van der Waals surface area contributed by atoms with Crippen molar-refractivity contribution in [1.82, 2.24) is 13.4 Å². The van der Waals surface area contributed by atoms with Crippen molar-refractivity contribution >= 4 is 16.0 Å². The molecule has 0 amide bonds. The van der Waals surface area contributed by atoms with Crippen LogP contribution in [-0.2, 0) is 35.5 Å². The van der Waals surface area contributed by atoms with E-state index in [9.17, 15) is 22.8 Å². The predicted molar refractivity (Wildman–Crippen MR) is 114 cm³/mol. The molecule has 1 fully saturated rings. The summed E-state index contributed by atoms with van der Waals surface area (Å²) in [4.78, 5) is 36.2.